The van der Waals surface area contributed by atoms with E-state index >= 15 is 0 Å². The smallest absolute Gasteiger partial charge is 0.186 e. The second-order valence-electron chi connectivity index (χ2n) is 9.02. The quantitative estimate of drug-likeness (QED) is 0.624. The van der Waals surface area contributed by atoms with Gasteiger partial charge in [-0.25, -0.2) is 0 Å². The zero-order chi connectivity index (χ0) is 20.4. The van der Waals surface area contributed by atoms with Crippen LogP contribution < -0.4 is 4.74 Å². The van der Waals surface area contributed by atoms with Crippen molar-refractivity contribution in [2.45, 2.75) is 48.5 Å². The molecule has 0 fully saturated rings. The molecule has 0 radical (unpaired) electrons. The molecule has 1 aromatic rings. The summed E-state index contributed by atoms with van der Waals surface area (Å²) < 4.78 is 5.20. The zero-order valence-electron chi connectivity index (χ0n) is 17.8. The van der Waals surface area contributed by atoms with Crippen molar-refractivity contribution in [3.8, 4) is 5.75 Å². The summed E-state index contributed by atoms with van der Waals surface area (Å²) in [5.41, 5.74) is 4.15. The maximum Gasteiger partial charge on any atom is 0.186 e. The van der Waals surface area contributed by atoms with E-state index in [0.29, 0.717) is 0 Å². The van der Waals surface area contributed by atoms with Gasteiger partial charge in [0.05, 0.1) is 7.11 Å². The molecule has 0 unspecified atom stereocenters. The molecule has 3 heteroatoms. The number of benzene rings is 1. The number of ether oxygens (including phenoxy) is 1. The van der Waals surface area contributed by atoms with Gasteiger partial charge < -0.3 is 4.74 Å². The van der Waals surface area contributed by atoms with E-state index in [1.807, 2.05) is 49.5 Å². The van der Waals surface area contributed by atoms with Gasteiger partial charge in [0.1, 0.15) is 5.75 Å². The molecule has 0 bridgehead atoms. The molecular formula is C24H31NO2. The van der Waals surface area contributed by atoms with Crippen LogP contribution >= 0.6 is 0 Å². The number of carbonyl (C=O) groups excluding carboxylic acids is 1. The highest BCUT2D eigenvalue weighted by atomic mass is 16.5. The normalized spacial score (nSPS) is 16.1. The van der Waals surface area contributed by atoms with Gasteiger partial charge in [0.15, 0.2) is 5.78 Å². The average Bonchev–Trinajstić information content (AvgIpc) is 2.58. The Morgan fingerprint density at radius 3 is 1.81 bits per heavy atom. The second-order valence-corrected chi connectivity index (χ2v) is 9.02. The van der Waals surface area contributed by atoms with Crippen LogP contribution in [-0.2, 0) is 4.79 Å². The first-order valence-corrected chi connectivity index (χ1v) is 9.31. The van der Waals surface area contributed by atoms with Crippen LogP contribution in [0.5, 0.6) is 5.75 Å². The standard InChI is InChI=1S/C24H31NO2/c1-16(18-9-11-19(27-8)12-10-18)25-15-17-13-20(23(2,3)4)22(26)21(14-17)24(5,6)7/h9-15H,1-8H3/b25-16-. The van der Waals surface area contributed by atoms with Crippen molar-refractivity contribution in [2.24, 2.45) is 15.8 Å². The zero-order valence-corrected chi connectivity index (χ0v) is 17.8. The fourth-order valence-corrected chi connectivity index (χ4v) is 2.92. The van der Waals surface area contributed by atoms with Gasteiger partial charge >= 0.3 is 0 Å². The van der Waals surface area contributed by atoms with Crippen LogP contribution in [-0.4, -0.2) is 18.6 Å². The predicted octanol–water partition coefficient (Wildman–Crippen LogP) is 5.92. The van der Waals surface area contributed by atoms with E-state index in [0.717, 1.165) is 33.7 Å². The van der Waals surface area contributed by atoms with Crippen LogP contribution in [0, 0.1) is 10.8 Å². The lowest BCUT2D eigenvalue weighted by Gasteiger charge is -2.31. The van der Waals surface area contributed by atoms with Gasteiger partial charge in [0.2, 0.25) is 0 Å². The molecule has 1 aromatic carbocycles. The first-order valence-electron chi connectivity index (χ1n) is 9.31. The minimum Gasteiger partial charge on any atom is -0.497 e. The summed E-state index contributed by atoms with van der Waals surface area (Å²) in [4.78, 5) is 17.6. The molecule has 0 saturated heterocycles. The van der Waals surface area contributed by atoms with Gasteiger partial charge in [-0.15, -0.1) is 0 Å². The molecule has 2 rings (SSSR count). The Bertz CT molecular complexity index is 800. The summed E-state index contributed by atoms with van der Waals surface area (Å²) in [7, 11) is 1.66. The average molecular weight is 366 g/mol. The van der Waals surface area contributed by atoms with Crippen LogP contribution in [0.3, 0.4) is 0 Å². The largest absolute Gasteiger partial charge is 0.497 e. The van der Waals surface area contributed by atoms with Crippen LogP contribution in [0.2, 0.25) is 0 Å². The number of Topliss-reactive ketones (excluding diaryl/α,β-unsaturated/α-hetero) is 1. The van der Waals surface area contributed by atoms with Gasteiger partial charge in [0.25, 0.3) is 0 Å². The number of carbonyl (C=O) groups is 1. The van der Waals surface area contributed by atoms with E-state index < -0.39 is 0 Å². The number of rotatable bonds is 3. The Balaban J connectivity index is 2.44. The van der Waals surface area contributed by atoms with Gasteiger partial charge in [-0.3, -0.25) is 9.79 Å². The summed E-state index contributed by atoms with van der Waals surface area (Å²) in [6.45, 7) is 14.4. The van der Waals surface area contributed by atoms with Crippen molar-refractivity contribution in [3.63, 3.8) is 0 Å². The van der Waals surface area contributed by atoms with E-state index in [1.54, 1.807) is 7.11 Å². The topological polar surface area (TPSA) is 38.7 Å². The highest BCUT2D eigenvalue weighted by Gasteiger charge is 2.33. The summed E-state index contributed by atoms with van der Waals surface area (Å²) in [5, 5.41) is 0. The lowest BCUT2D eigenvalue weighted by Crippen LogP contribution is -2.27. The van der Waals surface area contributed by atoms with Crippen molar-refractivity contribution in [1.82, 2.24) is 0 Å². The maximum absolute atomic E-state index is 13.0. The van der Waals surface area contributed by atoms with Crippen LogP contribution in [0.1, 0.15) is 54.0 Å². The molecule has 0 atom stereocenters. The third-order valence-corrected chi connectivity index (χ3v) is 4.64. The number of ketones is 1. The van der Waals surface area contributed by atoms with Crippen LogP contribution in [0.4, 0.5) is 0 Å². The van der Waals surface area contributed by atoms with Crippen molar-refractivity contribution < 1.29 is 9.53 Å². The SMILES string of the molecule is COc1ccc(/C(C)=N\C=C2C=C(C(C)(C)C)C(=O)C(C(C)(C)C)=C2)cc1. The number of hydrogen-bond donors (Lipinski definition) is 0. The first-order chi connectivity index (χ1) is 12.4. The summed E-state index contributed by atoms with van der Waals surface area (Å²) in [5.74, 6) is 0.967. The summed E-state index contributed by atoms with van der Waals surface area (Å²) >= 11 is 0. The van der Waals surface area contributed by atoms with Crippen molar-refractivity contribution in [1.29, 1.82) is 0 Å². The molecule has 3 nitrogen and oxygen atoms in total. The molecule has 144 valence electrons. The number of aliphatic imine (C=N–C) groups is 1. The van der Waals surface area contributed by atoms with E-state index in [-0.39, 0.29) is 16.6 Å². The van der Waals surface area contributed by atoms with Gasteiger partial charge in [-0.2, -0.15) is 0 Å². The number of allylic oxidation sites excluding steroid dienone is 5. The molecule has 0 spiro atoms. The fourth-order valence-electron chi connectivity index (χ4n) is 2.92. The minimum atomic E-state index is -0.213. The number of hydrogen-bond acceptors (Lipinski definition) is 3. The molecule has 1 aliphatic rings. The molecule has 0 saturated carbocycles. The lowest BCUT2D eigenvalue weighted by molar-refractivity contribution is -0.114. The predicted molar refractivity (Wildman–Crippen MR) is 113 cm³/mol. The van der Waals surface area contributed by atoms with Crippen molar-refractivity contribution in [2.75, 3.05) is 7.11 Å². The van der Waals surface area contributed by atoms with E-state index in [2.05, 4.69) is 46.5 Å². The van der Waals surface area contributed by atoms with Gasteiger partial charge in [-0.1, -0.05) is 41.5 Å². The van der Waals surface area contributed by atoms with E-state index in [9.17, 15) is 4.79 Å². The Labute approximate surface area is 163 Å². The molecular weight excluding hydrogens is 334 g/mol. The Morgan fingerprint density at radius 2 is 1.41 bits per heavy atom. The fraction of sp³-hybridized carbons (Fsp3) is 0.417. The molecule has 0 amide bonds. The summed E-state index contributed by atoms with van der Waals surface area (Å²) in [6, 6.07) is 7.84. The van der Waals surface area contributed by atoms with E-state index in [4.69, 9.17) is 4.74 Å². The lowest BCUT2D eigenvalue weighted by atomic mass is 9.72. The molecule has 1 aliphatic carbocycles. The highest BCUT2D eigenvalue weighted by Crippen LogP contribution is 2.38. The van der Waals surface area contributed by atoms with E-state index in [1.165, 1.54) is 0 Å². The van der Waals surface area contributed by atoms with Crippen LogP contribution in [0.15, 0.2) is 64.3 Å². The van der Waals surface area contributed by atoms with Gasteiger partial charge in [0, 0.05) is 23.1 Å². The van der Waals surface area contributed by atoms with Crippen molar-refractivity contribution >= 4 is 11.5 Å². The Hall–Kier alpha value is -2.42. The molecule has 0 N–H and O–H groups in total. The number of methoxy groups -OCH3 is 1. The number of nitrogens with zero attached hydrogens (tertiary/aromatic N) is 1. The minimum absolute atomic E-state index is 0.142. The third kappa shape index (κ3) is 5.06. The second kappa shape index (κ2) is 7.67. The first kappa shape index (κ1) is 20.9. The molecule has 0 aromatic heterocycles. The Morgan fingerprint density at radius 1 is 0.926 bits per heavy atom. The van der Waals surface area contributed by atoms with Gasteiger partial charge in [-0.05, 0) is 65.3 Å². The molecule has 27 heavy (non-hydrogen) atoms. The highest BCUT2D eigenvalue weighted by molar-refractivity contribution is 6.11. The third-order valence-electron chi connectivity index (χ3n) is 4.64. The van der Waals surface area contributed by atoms with Crippen LogP contribution in [0.25, 0.3) is 0 Å². The Kier molecular flexibility index (Phi) is 5.94. The molecule has 0 aliphatic heterocycles. The summed E-state index contributed by atoms with van der Waals surface area (Å²) in [6.07, 6.45) is 5.80. The molecule has 0 heterocycles. The maximum atomic E-state index is 13.0. The van der Waals surface area contributed by atoms with Crippen molar-refractivity contribution in [3.05, 3.63) is 64.9 Å². The monoisotopic (exact) mass is 365 g/mol.